The van der Waals surface area contributed by atoms with Crippen molar-refractivity contribution in [3.8, 4) is 0 Å². The van der Waals surface area contributed by atoms with Crippen molar-refractivity contribution in [2.45, 2.75) is 13.0 Å². The van der Waals surface area contributed by atoms with Crippen molar-refractivity contribution in [2.75, 3.05) is 7.05 Å². The van der Waals surface area contributed by atoms with Crippen LogP contribution in [0, 0.1) is 5.82 Å². The van der Waals surface area contributed by atoms with E-state index in [9.17, 15) is 14.0 Å². The molecule has 20 heavy (non-hydrogen) atoms. The highest BCUT2D eigenvalue weighted by atomic mass is 19.1. The van der Waals surface area contributed by atoms with Gasteiger partial charge in [-0.05, 0) is 13.0 Å². The molecule has 0 spiro atoms. The van der Waals surface area contributed by atoms with Crippen LogP contribution in [-0.2, 0) is 0 Å². The van der Waals surface area contributed by atoms with Gasteiger partial charge in [0.25, 0.3) is 5.91 Å². The zero-order valence-electron chi connectivity index (χ0n) is 11.3. The molecule has 0 bridgehead atoms. The first-order valence-electron chi connectivity index (χ1n) is 6.21. The molecule has 1 unspecified atom stereocenters. The van der Waals surface area contributed by atoms with Gasteiger partial charge in [0.05, 0.1) is 6.04 Å². The molecule has 104 valence electrons. The van der Waals surface area contributed by atoms with Crippen LogP contribution in [0.4, 0.5) is 4.39 Å². The van der Waals surface area contributed by atoms with E-state index in [1.165, 1.54) is 29.4 Å². The van der Waals surface area contributed by atoms with Crippen molar-refractivity contribution in [3.05, 3.63) is 69.9 Å². The molecule has 1 atom stereocenters. The van der Waals surface area contributed by atoms with Crippen LogP contribution in [0.25, 0.3) is 0 Å². The van der Waals surface area contributed by atoms with Gasteiger partial charge in [-0.2, -0.15) is 0 Å². The second-order valence-corrected chi connectivity index (χ2v) is 4.54. The SMILES string of the molecule is CC(c1ccccc1F)N(C)C(=O)c1c[nH]ccc1=O. The first-order valence-corrected chi connectivity index (χ1v) is 6.21. The zero-order valence-corrected chi connectivity index (χ0v) is 11.3. The Kier molecular flexibility index (Phi) is 3.98. The monoisotopic (exact) mass is 274 g/mol. The molecule has 0 fully saturated rings. The fraction of sp³-hybridized carbons (Fsp3) is 0.200. The van der Waals surface area contributed by atoms with Crippen LogP contribution in [0.1, 0.15) is 28.9 Å². The summed E-state index contributed by atoms with van der Waals surface area (Å²) in [7, 11) is 1.55. The van der Waals surface area contributed by atoms with Crippen LogP contribution in [0.5, 0.6) is 0 Å². The topological polar surface area (TPSA) is 53.2 Å². The normalized spacial score (nSPS) is 11.9. The van der Waals surface area contributed by atoms with Crippen LogP contribution in [0.2, 0.25) is 0 Å². The second-order valence-electron chi connectivity index (χ2n) is 4.54. The predicted molar refractivity (Wildman–Crippen MR) is 74.0 cm³/mol. The summed E-state index contributed by atoms with van der Waals surface area (Å²) < 4.78 is 13.7. The predicted octanol–water partition coefficient (Wildman–Crippen LogP) is 2.35. The van der Waals surface area contributed by atoms with Gasteiger partial charge in [-0.3, -0.25) is 9.59 Å². The quantitative estimate of drug-likeness (QED) is 0.934. The number of aromatic amines is 1. The first kappa shape index (κ1) is 14.0. The number of halogens is 1. The first-order chi connectivity index (χ1) is 9.52. The average Bonchev–Trinajstić information content (AvgIpc) is 2.46. The number of aromatic nitrogens is 1. The number of carbonyl (C=O) groups excluding carboxylic acids is 1. The maximum Gasteiger partial charge on any atom is 0.259 e. The number of hydrogen-bond acceptors (Lipinski definition) is 2. The van der Waals surface area contributed by atoms with Gasteiger partial charge in [0.2, 0.25) is 0 Å². The molecule has 5 heteroatoms. The van der Waals surface area contributed by atoms with E-state index in [4.69, 9.17) is 0 Å². The van der Waals surface area contributed by atoms with E-state index in [1.807, 2.05) is 0 Å². The Labute approximate surface area is 115 Å². The van der Waals surface area contributed by atoms with E-state index in [0.29, 0.717) is 5.56 Å². The Hall–Kier alpha value is -2.43. The number of pyridine rings is 1. The number of rotatable bonds is 3. The van der Waals surface area contributed by atoms with Gasteiger partial charge < -0.3 is 9.88 Å². The van der Waals surface area contributed by atoms with Gasteiger partial charge in [0.1, 0.15) is 11.4 Å². The van der Waals surface area contributed by atoms with Gasteiger partial charge >= 0.3 is 0 Å². The van der Waals surface area contributed by atoms with Crippen molar-refractivity contribution in [3.63, 3.8) is 0 Å². The van der Waals surface area contributed by atoms with Gasteiger partial charge in [-0.15, -0.1) is 0 Å². The Morgan fingerprint density at radius 2 is 2.00 bits per heavy atom. The number of nitrogens with zero attached hydrogens (tertiary/aromatic N) is 1. The third kappa shape index (κ3) is 2.61. The minimum atomic E-state index is -0.469. The molecule has 1 N–H and O–H groups in total. The van der Waals surface area contributed by atoms with E-state index in [1.54, 1.807) is 32.2 Å². The van der Waals surface area contributed by atoms with Gasteiger partial charge in [0, 0.05) is 31.1 Å². The number of H-pyrrole nitrogens is 1. The molecule has 1 amide bonds. The maximum atomic E-state index is 13.7. The van der Waals surface area contributed by atoms with Gasteiger partial charge in [-0.25, -0.2) is 4.39 Å². The van der Waals surface area contributed by atoms with Gasteiger partial charge in [-0.1, -0.05) is 18.2 Å². The molecule has 0 aliphatic carbocycles. The van der Waals surface area contributed by atoms with Crippen LogP contribution >= 0.6 is 0 Å². The Balaban J connectivity index is 2.30. The van der Waals surface area contributed by atoms with Gasteiger partial charge in [0.15, 0.2) is 5.43 Å². The lowest BCUT2D eigenvalue weighted by Crippen LogP contribution is -2.33. The van der Waals surface area contributed by atoms with Crippen molar-refractivity contribution in [1.29, 1.82) is 0 Å². The van der Waals surface area contributed by atoms with E-state index >= 15 is 0 Å². The number of benzene rings is 1. The summed E-state index contributed by atoms with van der Waals surface area (Å²) in [5.74, 6) is -0.816. The summed E-state index contributed by atoms with van der Waals surface area (Å²) >= 11 is 0. The molecule has 2 aromatic rings. The Morgan fingerprint density at radius 1 is 1.30 bits per heavy atom. The maximum absolute atomic E-state index is 13.7. The van der Waals surface area contributed by atoms with Crippen LogP contribution in [0.15, 0.2) is 47.5 Å². The van der Waals surface area contributed by atoms with Crippen molar-refractivity contribution in [2.24, 2.45) is 0 Å². The fourth-order valence-electron chi connectivity index (χ4n) is 1.97. The zero-order chi connectivity index (χ0) is 14.7. The molecular formula is C15H15FN2O2. The molecule has 0 saturated heterocycles. The van der Waals surface area contributed by atoms with E-state index in [-0.39, 0.29) is 16.8 Å². The molecule has 1 aromatic carbocycles. The molecule has 0 aliphatic rings. The summed E-state index contributed by atoms with van der Waals surface area (Å²) in [5.41, 5.74) is 0.0928. The lowest BCUT2D eigenvalue weighted by molar-refractivity contribution is 0.0739. The van der Waals surface area contributed by atoms with E-state index in [0.717, 1.165) is 0 Å². The lowest BCUT2D eigenvalue weighted by atomic mass is 10.1. The average molecular weight is 274 g/mol. The van der Waals surface area contributed by atoms with Crippen LogP contribution < -0.4 is 5.43 Å². The smallest absolute Gasteiger partial charge is 0.259 e. The number of nitrogens with one attached hydrogen (secondary N) is 1. The van der Waals surface area contributed by atoms with E-state index < -0.39 is 11.9 Å². The summed E-state index contributed by atoms with van der Waals surface area (Å²) in [4.78, 5) is 28.0. The van der Waals surface area contributed by atoms with Crippen LogP contribution in [-0.4, -0.2) is 22.8 Å². The second kappa shape index (κ2) is 5.69. The minimum Gasteiger partial charge on any atom is -0.367 e. The standard InChI is InChI=1S/C15H15FN2O2/c1-10(11-5-3-4-6-13(11)16)18(2)15(20)12-9-17-8-7-14(12)19/h3-10H,1-2H3,(H,17,19). The highest BCUT2D eigenvalue weighted by molar-refractivity contribution is 5.93. The van der Waals surface area contributed by atoms with Crippen molar-refractivity contribution in [1.82, 2.24) is 9.88 Å². The largest absolute Gasteiger partial charge is 0.367 e. The number of hydrogen-bond donors (Lipinski definition) is 1. The molecule has 0 radical (unpaired) electrons. The summed E-state index contributed by atoms with van der Waals surface area (Å²) in [6.07, 6.45) is 2.81. The molecular weight excluding hydrogens is 259 g/mol. The Bertz CT molecular complexity index is 681. The summed E-state index contributed by atoms with van der Waals surface area (Å²) in [6, 6.07) is 7.09. The molecule has 1 heterocycles. The molecule has 1 aromatic heterocycles. The van der Waals surface area contributed by atoms with E-state index in [2.05, 4.69) is 4.98 Å². The molecule has 4 nitrogen and oxygen atoms in total. The van der Waals surface area contributed by atoms with Crippen molar-refractivity contribution >= 4 is 5.91 Å². The van der Waals surface area contributed by atoms with Crippen molar-refractivity contribution < 1.29 is 9.18 Å². The lowest BCUT2D eigenvalue weighted by Gasteiger charge is -2.25. The van der Waals surface area contributed by atoms with Crippen LogP contribution in [0.3, 0.4) is 0 Å². The molecule has 2 rings (SSSR count). The fourth-order valence-corrected chi connectivity index (χ4v) is 1.97. The highest BCUT2D eigenvalue weighted by Crippen LogP contribution is 2.22. The molecule has 0 aliphatic heterocycles. The third-order valence-corrected chi connectivity index (χ3v) is 3.31. The Morgan fingerprint density at radius 3 is 2.65 bits per heavy atom. The summed E-state index contributed by atoms with van der Waals surface area (Å²) in [6.45, 7) is 1.72. The number of carbonyl (C=O) groups is 1. The highest BCUT2D eigenvalue weighted by Gasteiger charge is 2.22. The minimum absolute atomic E-state index is 0.0400. The third-order valence-electron chi connectivity index (χ3n) is 3.31. The number of amides is 1. The molecule has 0 saturated carbocycles. The summed E-state index contributed by atoms with van der Waals surface area (Å²) in [5, 5.41) is 0.